The Kier molecular flexibility index (Phi) is 12.4. The van der Waals surface area contributed by atoms with E-state index in [1.165, 1.54) is 7.11 Å². The first kappa shape index (κ1) is 25.8. The minimum atomic E-state index is -1.60. The standard InChI is InChI=1S/C24H42O4Si/c1-6-7-10-13-21(25)18-16-20-17-19-23(28-29(3,4)5)22(20)14-11-8-9-12-15-24(26)27-2/h8,11,16,18,20,22-23H,6-7,9-10,12-15,17,19H2,1-5H3. The van der Waals surface area contributed by atoms with E-state index >= 15 is 0 Å². The van der Waals surface area contributed by atoms with Crippen molar-refractivity contribution in [1.82, 2.24) is 0 Å². The number of esters is 1. The summed E-state index contributed by atoms with van der Waals surface area (Å²) in [4.78, 5) is 23.3. The molecule has 0 heterocycles. The molecule has 1 rings (SSSR count). The number of allylic oxidation sites excluding steroid dienone is 4. The van der Waals surface area contributed by atoms with Crippen molar-refractivity contribution < 1.29 is 18.8 Å². The average Bonchev–Trinajstić information content (AvgIpc) is 3.02. The Labute approximate surface area is 179 Å². The summed E-state index contributed by atoms with van der Waals surface area (Å²) in [6.07, 6.45) is 17.9. The van der Waals surface area contributed by atoms with Gasteiger partial charge in [0, 0.05) is 18.9 Å². The summed E-state index contributed by atoms with van der Waals surface area (Å²) in [6, 6.07) is 0. The molecule has 166 valence electrons. The van der Waals surface area contributed by atoms with Gasteiger partial charge < -0.3 is 9.16 Å². The van der Waals surface area contributed by atoms with E-state index in [1.54, 1.807) is 0 Å². The van der Waals surface area contributed by atoms with Crippen molar-refractivity contribution in [3.8, 4) is 0 Å². The summed E-state index contributed by atoms with van der Waals surface area (Å²) in [5, 5.41) is 0. The molecular formula is C24H42O4Si. The van der Waals surface area contributed by atoms with Crippen molar-refractivity contribution in [3.63, 3.8) is 0 Å². The van der Waals surface area contributed by atoms with Crippen molar-refractivity contribution in [1.29, 1.82) is 0 Å². The molecule has 5 heteroatoms. The highest BCUT2D eigenvalue weighted by atomic mass is 28.4. The number of hydrogen-bond acceptors (Lipinski definition) is 4. The number of ketones is 1. The van der Waals surface area contributed by atoms with Crippen molar-refractivity contribution in [2.75, 3.05) is 7.11 Å². The van der Waals surface area contributed by atoms with Crippen LogP contribution >= 0.6 is 0 Å². The predicted octanol–water partition coefficient (Wildman–Crippen LogP) is 6.23. The number of hydrogen-bond donors (Lipinski definition) is 0. The van der Waals surface area contributed by atoms with Gasteiger partial charge in [0.15, 0.2) is 14.1 Å². The van der Waals surface area contributed by atoms with Gasteiger partial charge in [-0.3, -0.25) is 9.59 Å². The first-order chi connectivity index (χ1) is 13.8. The number of carbonyl (C=O) groups is 2. The Morgan fingerprint density at radius 2 is 1.79 bits per heavy atom. The lowest BCUT2D eigenvalue weighted by Gasteiger charge is -2.29. The van der Waals surface area contributed by atoms with E-state index in [-0.39, 0.29) is 17.9 Å². The highest BCUT2D eigenvalue weighted by Crippen LogP contribution is 2.39. The second-order valence-corrected chi connectivity index (χ2v) is 13.6. The molecule has 1 aliphatic rings. The summed E-state index contributed by atoms with van der Waals surface area (Å²) in [5.74, 6) is 0.946. The van der Waals surface area contributed by atoms with Gasteiger partial charge in [0.2, 0.25) is 0 Å². The van der Waals surface area contributed by atoms with Crippen LogP contribution in [0.4, 0.5) is 0 Å². The molecule has 0 spiro atoms. The fourth-order valence-electron chi connectivity index (χ4n) is 3.93. The summed E-state index contributed by atoms with van der Waals surface area (Å²) < 4.78 is 11.2. The van der Waals surface area contributed by atoms with E-state index in [0.717, 1.165) is 51.4 Å². The molecule has 0 aromatic rings. The molecule has 3 atom stereocenters. The third kappa shape index (κ3) is 11.5. The molecule has 4 nitrogen and oxygen atoms in total. The lowest BCUT2D eigenvalue weighted by atomic mass is 9.90. The van der Waals surface area contributed by atoms with Gasteiger partial charge in [-0.2, -0.15) is 0 Å². The van der Waals surface area contributed by atoms with Crippen LogP contribution in [0, 0.1) is 11.8 Å². The molecule has 1 saturated carbocycles. The average molecular weight is 423 g/mol. The zero-order chi connectivity index (χ0) is 21.7. The molecule has 0 aromatic carbocycles. The predicted molar refractivity (Wildman–Crippen MR) is 122 cm³/mol. The van der Waals surface area contributed by atoms with Crippen LogP contribution in [0.1, 0.15) is 71.1 Å². The Hall–Kier alpha value is -1.20. The van der Waals surface area contributed by atoms with Crippen molar-refractivity contribution in [3.05, 3.63) is 24.3 Å². The van der Waals surface area contributed by atoms with Gasteiger partial charge in [-0.25, -0.2) is 0 Å². The van der Waals surface area contributed by atoms with Gasteiger partial charge in [0.1, 0.15) is 0 Å². The van der Waals surface area contributed by atoms with Gasteiger partial charge in [0.25, 0.3) is 0 Å². The zero-order valence-corrected chi connectivity index (χ0v) is 20.2. The fraction of sp³-hybridized carbons (Fsp3) is 0.750. The van der Waals surface area contributed by atoms with Crippen LogP contribution in [0.15, 0.2) is 24.3 Å². The van der Waals surface area contributed by atoms with Crippen LogP contribution in [-0.2, 0) is 18.8 Å². The maximum absolute atomic E-state index is 12.1. The topological polar surface area (TPSA) is 52.6 Å². The molecule has 0 amide bonds. The minimum absolute atomic E-state index is 0.147. The number of carbonyl (C=O) groups excluding carboxylic acids is 2. The van der Waals surface area contributed by atoms with E-state index in [0.29, 0.717) is 24.7 Å². The molecule has 3 unspecified atom stereocenters. The smallest absolute Gasteiger partial charge is 0.305 e. The largest absolute Gasteiger partial charge is 0.469 e. The molecule has 0 aliphatic heterocycles. The highest BCUT2D eigenvalue weighted by molar-refractivity contribution is 6.69. The van der Waals surface area contributed by atoms with E-state index in [1.807, 2.05) is 6.08 Å². The normalized spacial score (nSPS) is 22.6. The zero-order valence-electron chi connectivity index (χ0n) is 19.2. The van der Waals surface area contributed by atoms with E-state index in [9.17, 15) is 9.59 Å². The maximum Gasteiger partial charge on any atom is 0.305 e. The van der Waals surface area contributed by atoms with E-state index in [2.05, 4.69) is 49.5 Å². The molecule has 29 heavy (non-hydrogen) atoms. The van der Waals surface area contributed by atoms with Crippen LogP contribution in [0.3, 0.4) is 0 Å². The molecule has 1 fully saturated rings. The van der Waals surface area contributed by atoms with Gasteiger partial charge in [-0.05, 0) is 76.1 Å². The van der Waals surface area contributed by atoms with Crippen molar-refractivity contribution in [2.45, 2.75) is 96.9 Å². The molecule has 0 N–H and O–H groups in total. The van der Waals surface area contributed by atoms with Crippen LogP contribution in [-0.4, -0.2) is 33.3 Å². The number of ether oxygens (including phenoxy) is 1. The summed E-state index contributed by atoms with van der Waals surface area (Å²) in [5.41, 5.74) is 0. The number of unbranched alkanes of at least 4 members (excludes halogenated alkanes) is 3. The molecular weight excluding hydrogens is 380 g/mol. The van der Waals surface area contributed by atoms with Crippen molar-refractivity contribution in [2.24, 2.45) is 11.8 Å². The first-order valence-electron chi connectivity index (χ1n) is 11.4. The molecule has 0 aromatic heterocycles. The minimum Gasteiger partial charge on any atom is -0.469 e. The van der Waals surface area contributed by atoms with Gasteiger partial charge in [-0.15, -0.1) is 0 Å². The summed E-state index contributed by atoms with van der Waals surface area (Å²) in [6.45, 7) is 8.89. The highest BCUT2D eigenvalue weighted by Gasteiger charge is 2.37. The summed E-state index contributed by atoms with van der Waals surface area (Å²) in [7, 11) is -0.174. The Bertz CT molecular complexity index is 548. The number of methoxy groups -OCH3 is 1. The van der Waals surface area contributed by atoms with Crippen LogP contribution < -0.4 is 0 Å². The lowest BCUT2D eigenvalue weighted by molar-refractivity contribution is -0.140. The van der Waals surface area contributed by atoms with Crippen LogP contribution in [0.2, 0.25) is 19.6 Å². The lowest BCUT2D eigenvalue weighted by Crippen LogP contribution is -2.34. The van der Waals surface area contributed by atoms with Gasteiger partial charge >= 0.3 is 5.97 Å². The van der Waals surface area contributed by atoms with Gasteiger partial charge in [0.05, 0.1) is 7.11 Å². The first-order valence-corrected chi connectivity index (χ1v) is 14.8. The molecule has 0 bridgehead atoms. The van der Waals surface area contributed by atoms with Crippen LogP contribution in [0.25, 0.3) is 0 Å². The fourth-order valence-corrected chi connectivity index (χ4v) is 5.13. The third-order valence-corrected chi connectivity index (χ3v) is 6.44. The van der Waals surface area contributed by atoms with Crippen molar-refractivity contribution >= 4 is 20.1 Å². The monoisotopic (exact) mass is 422 g/mol. The number of rotatable bonds is 14. The van der Waals surface area contributed by atoms with Gasteiger partial charge in [-0.1, -0.05) is 38.0 Å². The second kappa shape index (κ2) is 13.9. The third-order valence-electron chi connectivity index (χ3n) is 5.43. The van der Waals surface area contributed by atoms with E-state index in [4.69, 9.17) is 4.43 Å². The quantitative estimate of drug-likeness (QED) is 0.109. The Morgan fingerprint density at radius 1 is 1.03 bits per heavy atom. The maximum atomic E-state index is 12.1. The second-order valence-electron chi connectivity index (χ2n) is 9.13. The SMILES string of the molecule is CCCCCC(=O)C=CC1CCC(O[Si](C)(C)C)C1CC=CCCCC(=O)OC. The summed E-state index contributed by atoms with van der Waals surface area (Å²) >= 11 is 0. The Balaban J connectivity index is 2.61. The molecule has 1 aliphatic carbocycles. The molecule has 0 saturated heterocycles. The van der Waals surface area contributed by atoms with E-state index < -0.39 is 8.32 Å². The molecule has 0 radical (unpaired) electrons. The van der Waals surface area contributed by atoms with Crippen LogP contribution in [0.5, 0.6) is 0 Å². The Morgan fingerprint density at radius 3 is 2.45 bits per heavy atom.